The van der Waals surface area contributed by atoms with Crippen LogP contribution in [0.25, 0.3) is 0 Å². The van der Waals surface area contributed by atoms with Crippen LogP contribution in [0.4, 0.5) is 0 Å². The van der Waals surface area contributed by atoms with E-state index in [2.05, 4.69) is 24.3 Å². The molecule has 0 aliphatic rings. The molecule has 0 unspecified atom stereocenters. The van der Waals surface area contributed by atoms with E-state index in [0.717, 1.165) is 0 Å². The van der Waals surface area contributed by atoms with Crippen molar-refractivity contribution in [2.24, 2.45) is 0 Å². The number of hydrogen-bond donors (Lipinski definition) is 0. The topological polar surface area (TPSA) is 0 Å². The Morgan fingerprint density at radius 2 is 1.45 bits per heavy atom. The van der Waals surface area contributed by atoms with Crippen LogP contribution >= 0.6 is 0 Å². The minimum absolute atomic E-state index is 0. The summed E-state index contributed by atoms with van der Waals surface area (Å²) in [6.45, 7) is 0. The average molecular weight is 217 g/mol. The molecule has 56 valence electrons. The summed E-state index contributed by atoms with van der Waals surface area (Å²) in [5.74, 6) is 0. The maximum atomic E-state index is 2.62. The second-order valence-corrected chi connectivity index (χ2v) is 1.65. The van der Waals surface area contributed by atoms with Crippen molar-refractivity contribution < 1.29 is 26.2 Å². The molecule has 0 atom stereocenters. The third kappa shape index (κ3) is 6.00. The van der Waals surface area contributed by atoms with Crippen molar-refractivity contribution in [3.8, 4) is 0 Å². The average Bonchev–Trinajstić information content (AvgIpc) is 2.67. The molecule has 0 saturated carbocycles. The Morgan fingerprint density at radius 3 is 1.64 bits per heavy atom. The van der Waals surface area contributed by atoms with Gasteiger partial charge in [-0.1, -0.05) is 0 Å². The Morgan fingerprint density at radius 1 is 0.909 bits per heavy atom. The molecule has 0 spiro atoms. The predicted molar refractivity (Wildman–Crippen MR) is 39.4 cm³/mol. The first-order valence-electron chi connectivity index (χ1n) is 2.99. The zero-order valence-electron chi connectivity index (χ0n) is 5.96. The van der Waals surface area contributed by atoms with Gasteiger partial charge in [0, 0.05) is 26.2 Å². The van der Waals surface area contributed by atoms with Crippen LogP contribution < -0.4 is 0 Å². The third-order valence-corrected chi connectivity index (χ3v) is 0.907. The summed E-state index contributed by atoms with van der Waals surface area (Å²) >= 11 is 0. The van der Waals surface area contributed by atoms with Crippen LogP contribution in [0, 0.1) is 24.3 Å². The zero-order valence-corrected chi connectivity index (χ0v) is 8.42. The van der Waals surface area contributed by atoms with E-state index in [4.69, 9.17) is 0 Å². The van der Waals surface area contributed by atoms with Gasteiger partial charge in [0.05, 0.1) is 0 Å². The van der Waals surface area contributed by atoms with Gasteiger partial charge >= 0.3 is 0 Å². The summed E-state index contributed by atoms with van der Waals surface area (Å²) in [4.78, 5) is 0. The van der Waals surface area contributed by atoms with Crippen LogP contribution in [0.3, 0.4) is 0 Å². The molecule has 0 aromatic heterocycles. The van der Waals surface area contributed by atoms with Crippen molar-refractivity contribution in [2.75, 3.05) is 0 Å². The predicted octanol–water partition coefficient (Wildman–Crippen LogP) is 2.01. The monoisotopic (exact) mass is 216 g/mol. The van der Waals surface area contributed by atoms with Gasteiger partial charge in [-0.25, -0.2) is 12.1 Å². The summed E-state index contributed by atoms with van der Waals surface area (Å²) in [7, 11) is 0. The molecule has 0 bridgehead atoms. The fourth-order valence-electron chi connectivity index (χ4n) is 0.501. The van der Waals surface area contributed by atoms with Gasteiger partial charge in [-0.15, -0.1) is 0 Å². The van der Waals surface area contributed by atoms with Gasteiger partial charge in [0.15, 0.2) is 0 Å². The number of rotatable bonds is 0. The fraction of sp³-hybridized carbons (Fsp3) is 0. The van der Waals surface area contributed by atoms with Crippen molar-refractivity contribution in [3.05, 3.63) is 60.7 Å². The minimum Gasteiger partial charge on any atom is -0.999 e. The number of hydrogen-bond acceptors (Lipinski definition) is 0. The van der Waals surface area contributed by atoms with E-state index in [1.165, 1.54) is 0 Å². The molecule has 0 fully saturated rings. The van der Waals surface area contributed by atoms with E-state index in [9.17, 15) is 0 Å². The molecule has 0 N–H and O–H groups in total. The minimum atomic E-state index is 0. The molecule has 0 saturated heterocycles. The maximum absolute atomic E-state index is 2.62. The Kier molecular flexibility index (Phi) is 7.40. The van der Waals surface area contributed by atoms with Crippen molar-refractivity contribution in [1.82, 2.24) is 0 Å². The first-order valence-corrected chi connectivity index (χ1v) is 2.99. The molecule has 1 heteroatoms. The van der Waals surface area contributed by atoms with E-state index in [1.807, 2.05) is 30.3 Å². The summed E-state index contributed by atoms with van der Waals surface area (Å²) < 4.78 is 0. The van der Waals surface area contributed by atoms with E-state index in [0.29, 0.717) is 0 Å². The van der Waals surface area contributed by atoms with Crippen molar-refractivity contribution in [1.29, 1.82) is 0 Å². The van der Waals surface area contributed by atoms with Crippen LogP contribution in [0.15, 0.2) is 36.4 Å². The molecule has 0 heterocycles. The van der Waals surface area contributed by atoms with Crippen LogP contribution in [0.5, 0.6) is 0 Å². The maximum Gasteiger partial charge on any atom is 0 e. The summed E-state index contributed by atoms with van der Waals surface area (Å²) in [6.07, 6.45) is 0. The van der Waals surface area contributed by atoms with Crippen molar-refractivity contribution in [3.63, 3.8) is 0 Å². The summed E-state index contributed by atoms with van der Waals surface area (Å²) in [6, 6.07) is 22.0. The van der Waals surface area contributed by atoms with Gasteiger partial charge in [0.25, 0.3) is 0 Å². The van der Waals surface area contributed by atoms with Gasteiger partial charge in [-0.2, -0.15) is 18.2 Å². The van der Waals surface area contributed by atoms with Crippen LogP contribution in [-0.4, -0.2) is 0 Å². The Balaban J connectivity index is 0.000000167. The molecule has 2 aromatic carbocycles. The van der Waals surface area contributed by atoms with Crippen molar-refractivity contribution in [2.45, 2.75) is 0 Å². The third-order valence-electron chi connectivity index (χ3n) is 0.907. The molecule has 2 aromatic rings. The Labute approximate surface area is 86.7 Å². The first-order chi connectivity index (χ1) is 5.00. The van der Waals surface area contributed by atoms with E-state index in [1.54, 1.807) is 6.07 Å². The quantitative estimate of drug-likeness (QED) is 0.592. The molecular weight excluding hydrogens is 211 g/mol. The van der Waals surface area contributed by atoms with Gasteiger partial charge in [-0.3, -0.25) is 0 Å². The smallest absolute Gasteiger partial charge is 0 e. The second-order valence-electron chi connectivity index (χ2n) is 1.65. The normalized spacial score (nSPS) is 7.27. The van der Waals surface area contributed by atoms with Crippen LogP contribution in [0.2, 0.25) is 0 Å². The molecule has 11 heavy (non-hydrogen) atoms. The zero-order chi connectivity index (χ0) is 7.07. The van der Waals surface area contributed by atoms with Gasteiger partial charge in [0.1, 0.15) is 0 Å². The molecule has 0 radical (unpaired) electrons. The largest absolute Gasteiger partial charge is 0.999 e. The molecular formula is C10H6Zr-6. The summed E-state index contributed by atoms with van der Waals surface area (Å²) in [5.41, 5.74) is 0. The Bertz CT molecular complexity index is 144. The first kappa shape index (κ1) is 10.6. The Hall–Kier alpha value is -0.417. The SMILES string of the molecule is [Zr].[c-]1[c-][c-][cH-][c-]1.c1cc[cH-]c1. The van der Waals surface area contributed by atoms with Gasteiger partial charge < -0.3 is 30.3 Å². The van der Waals surface area contributed by atoms with E-state index >= 15 is 0 Å². The van der Waals surface area contributed by atoms with Crippen LogP contribution in [-0.2, 0) is 26.2 Å². The van der Waals surface area contributed by atoms with E-state index in [-0.39, 0.29) is 26.2 Å². The van der Waals surface area contributed by atoms with Gasteiger partial charge in [0.2, 0.25) is 0 Å². The molecule has 0 aliphatic heterocycles. The second kappa shape index (κ2) is 7.69. The molecule has 0 aliphatic carbocycles. The standard InChI is InChI=1S/C5H5.C5H.Zr/c2*1-2-4-5-3-1;/h1-5H;1H;/q-1;-5;. The fourth-order valence-corrected chi connectivity index (χ4v) is 0.501. The molecule has 0 nitrogen and oxygen atoms in total. The van der Waals surface area contributed by atoms with E-state index < -0.39 is 0 Å². The molecule has 2 rings (SSSR count). The van der Waals surface area contributed by atoms with Crippen molar-refractivity contribution >= 4 is 0 Å². The van der Waals surface area contributed by atoms with Gasteiger partial charge in [-0.05, 0) is 0 Å². The van der Waals surface area contributed by atoms with Crippen LogP contribution in [0.1, 0.15) is 0 Å². The molecule has 0 amide bonds. The summed E-state index contributed by atoms with van der Waals surface area (Å²) in [5, 5.41) is 0.